The molecule has 1 N–H and O–H groups in total. The lowest BCUT2D eigenvalue weighted by atomic mass is 9.90. The number of aromatic nitrogens is 3. The van der Waals surface area contributed by atoms with Gasteiger partial charge in [-0.25, -0.2) is 0 Å². The smallest absolute Gasteiger partial charge is 0.276 e. The fourth-order valence-corrected chi connectivity index (χ4v) is 2.75. The number of hydrogen-bond acceptors (Lipinski definition) is 3. The standard InChI is InChI=1S/C15H18N4O/c20-15(14-11-16-18-17-14)19-8-6-13(7-9-19)10-12-4-2-1-3-5-12/h1-5,11,13H,6-10H2,(H,16,17,18). The van der Waals surface area contributed by atoms with Crippen LogP contribution in [0.25, 0.3) is 0 Å². The molecule has 0 aliphatic carbocycles. The van der Waals surface area contributed by atoms with Crippen LogP contribution in [-0.2, 0) is 6.42 Å². The van der Waals surface area contributed by atoms with Gasteiger partial charge in [-0.15, -0.1) is 0 Å². The Morgan fingerprint density at radius 1 is 1.25 bits per heavy atom. The van der Waals surface area contributed by atoms with E-state index in [0.29, 0.717) is 11.6 Å². The zero-order valence-corrected chi connectivity index (χ0v) is 11.3. The first-order valence-electron chi connectivity index (χ1n) is 7.02. The molecule has 0 bridgehead atoms. The monoisotopic (exact) mass is 270 g/mol. The molecule has 104 valence electrons. The summed E-state index contributed by atoms with van der Waals surface area (Å²) in [7, 11) is 0. The number of aromatic amines is 1. The molecule has 2 heterocycles. The maximum atomic E-state index is 12.1. The molecule has 1 aliphatic heterocycles. The largest absolute Gasteiger partial charge is 0.337 e. The average Bonchev–Trinajstić information content (AvgIpc) is 3.03. The van der Waals surface area contributed by atoms with E-state index in [2.05, 4.69) is 39.7 Å². The van der Waals surface area contributed by atoms with Gasteiger partial charge in [0.1, 0.15) is 0 Å². The molecule has 2 aromatic rings. The third-order valence-corrected chi connectivity index (χ3v) is 3.90. The number of carbonyl (C=O) groups excluding carboxylic acids is 1. The van der Waals surface area contributed by atoms with Gasteiger partial charge in [-0.1, -0.05) is 30.3 Å². The Morgan fingerprint density at radius 2 is 2.00 bits per heavy atom. The van der Waals surface area contributed by atoms with Gasteiger partial charge in [0.25, 0.3) is 5.91 Å². The first-order valence-corrected chi connectivity index (χ1v) is 7.02. The molecule has 0 unspecified atom stereocenters. The van der Waals surface area contributed by atoms with Crippen LogP contribution in [0.4, 0.5) is 0 Å². The molecule has 1 aliphatic rings. The second-order valence-corrected chi connectivity index (χ2v) is 5.28. The normalized spacial score (nSPS) is 16.3. The Balaban J connectivity index is 1.53. The molecule has 5 nitrogen and oxygen atoms in total. The van der Waals surface area contributed by atoms with Crippen LogP contribution in [0.5, 0.6) is 0 Å². The number of nitrogens with one attached hydrogen (secondary N) is 1. The Hall–Kier alpha value is -2.17. The predicted molar refractivity (Wildman–Crippen MR) is 75.2 cm³/mol. The summed E-state index contributed by atoms with van der Waals surface area (Å²) in [6.45, 7) is 1.62. The lowest BCUT2D eigenvalue weighted by Gasteiger charge is -2.31. The minimum absolute atomic E-state index is 0.0167. The van der Waals surface area contributed by atoms with Gasteiger partial charge in [-0.05, 0) is 30.7 Å². The summed E-state index contributed by atoms with van der Waals surface area (Å²) in [5.74, 6) is 0.649. The van der Waals surface area contributed by atoms with Crippen molar-refractivity contribution in [2.45, 2.75) is 19.3 Å². The van der Waals surface area contributed by atoms with Crippen molar-refractivity contribution in [3.63, 3.8) is 0 Å². The lowest BCUT2D eigenvalue weighted by Crippen LogP contribution is -2.39. The number of piperidine rings is 1. The first kappa shape index (κ1) is 12.8. The number of rotatable bonds is 3. The van der Waals surface area contributed by atoms with E-state index in [4.69, 9.17) is 0 Å². The zero-order chi connectivity index (χ0) is 13.8. The maximum Gasteiger partial charge on any atom is 0.276 e. The van der Waals surface area contributed by atoms with E-state index in [0.717, 1.165) is 32.4 Å². The van der Waals surface area contributed by atoms with Gasteiger partial charge < -0.3 is 4.90 Å². The van der Waals surface area contributed by atoms with E-state index in [1.165, 1.54) is 11.8 Å². The summed E-state index contributed by atoms with van der Waals surface area (Å²) in [6, 6.07) is 10.6. The topological polar surface area (TPSA) is 61.9 Å². The van der Waals surface area contributed by atoms with Crippen LogP contribution in [-0.4, -0.2) is 39.3 Å². The molecule has 3 rings (SSSR count). The molecule has 20 heavy (non-hydrogen) atoms. The van der Waals surface area contributed by atoms with Gasteiger partial charge in [0.15, 0.2) is 5.69 Å². The van der Waals surface area contributed by atoms with Crippen molar-refractivity contribution in [1.82, 2.24) is 20.3 Å². The zero-order valence-electron chi connectivity index (χ0n) is 11.3. The van der Waals surface area contributed by atoms with Gasteiger partial charge in [0.2, 0.25) is 0 Å². The summed E-state index contributed by atoms with van der Waals surface area (Å²) in [5, 5.41) is 10.0. The molecule has 0 saturated carbocycles. The molecule has 1 fully saturated rings. The van der Waals surface area contributed by atoms with Crippen molar-refractivity contribution in [1.29, 1.82) is 0 Å². The van der Waals surface area contributed by atoms with Crippen LogP contribution in [0.3, 0.4) is 0 Å². The van der Waals surface area contributed by atoms with Crippen LogP contribution in [0.15, 0.2) is 36.5 Å². The minimum Gasteiger partial charge on any atom is -0.337 e. The van der Waals surface area contributed by atoms with Gasteiger partial charge in [0.05, 0.1) is 6.20 Å². The third-order valence-electron chi connectivity index (χ3n) is 3.90. The molecule has 0 atom stereocenters. The van der Waals surface area contributed by atoms with Crippen molar-refractivity contribution >= 4 is 5.91 Å². The number of amides is 1. The fraction of sp³-hybridized carbons (Fsp3) is 0.400. The third kappa shape index (κ3) is 2.87. The van der Waals surface area contributed by atoms with Crippen LogP contribution in [0.1, 0.15) is 28.9 Å². The summed E-state index contributed by atoms with van der Waals surface area (Å²) < 4.78 is 0. The van der Waals surface area contributed by atoms with Crippen LogP contribution >= 0.6 is 0 Å². The highest BCUT2D eigenvalue weighted by atomic mass is 16.2. The number of nitrogens with zero attached hydrogens (tertiary/aromatic N) is 3. The summed E-state index contributed by atoms with van der Waals surface area (Å²) >= 11 is 0. The van der Waals surface area contributed by atoms with Crippen molar-refractivity contribution in [2.24, 2.45) is 5.92 Å². The molecule has 5 heteroatoms. The summed E-state index contributed by atoms with van der Waals surface area (Å²) in [6.07, 6.45) is 4.70. The molecule has 1 amide bonds. The van der Waals surface area contributed by atoms with Crippen molar-refractivity contribution in [3.8, 4) is 0 Å². The van der Waals surface area contributed by atoms with Crippen LogP contribution in [0, 0.1) is 5.92 Å². The number of benzene rings is 1. The van der Waals surface area contributed by atoms with E-state index in [9.17, 15) is 4.79 Å². The number of carbonyl (C=O) groups is 1. The van der Waals surface area contributed by atoms with E-state index in [1.54, 1.807) is 0 Å². The predicted octanol–water partition coefficient (Wildman–Crippen LogP) is 1.90. The van der Waals surface area contributed by atoms with Gasteiger partial charge in [-0.3, -0.25) is 4.79 Å². The molecular formula is C15H18N4O. The van der Waals surface area contributed by atoms with Gasteiger partial charge in [0, 0.05) is 13.1 Å². The number of hydrogen-bond donors (Lipinski definition) is 1. The first-order chi connectivity index (χ1) is 9.83. The van der Waals surface area contributed by atoms with E-state index < -0.39 is 0 Å². The SMILES string of the molecule is O=C(c1cn[nH]n1)N1CCC(Cc2ccccc2)CC1. The highest BCUT2D eigenvalue weighted by molar-refractivity contribution is 5.91. The Labute approximate surface area is 118 Å². The highest BCUT2D eigenvalue weighted by Gasteiger charge is 2.24. The van der Waals surface area contributed by atoms with Crippen molar-refractivity contribution in [3.05, 3.63) is 47.8 Å². The van der Waals surface area contributed by atoms with E-state index in [1.807, 2.05) is 11.0 Å². The number of H-pyrrole nitrogens is 1. The number of likely N-dealkylation sites (tertiary alicyclic amines) is 1. The lowest BCUT2D eigenvalue weighted by molar-refractivity contribution is 0.0684. The fourth-order valence-electron chi connectivity index (χ4n) is 2.75. The molecule has 0 radical (unpaired) electrons. The minimum atomic E-state index is -0.0167. The van der Waals surface area contributed by atoms with E-state index in [-0.39, 0.29) is 5.91 Å². The maximum absolute atomic E-state index is 12.1. The molecule has 1 aromatic carbocycles. The second-order valence-electron chi connectivity index (χ2n) is 5.28. The summed E-state index contributed by atoms with van der Waals surface area (Å²) in [4.78, 5) is 14.0. The highest BCUT2D eigenvalue weighted by Crippen LogP contribution is 2.22. The van der Waals surface area contributed by atoms with Gasteiger partial charge in [-0.2, -0.15) is 15.4 Å². The Bertz CT molecular complexity index is 545. The van der Waals surface area contributed by atoms with Crippen molar-refractivity contribution < 1.29 is 4.79 Å². The molecular weight excluding hydrogens is 252 g/mol. The Morgan fingerprint density at radius 3 is 2.65 bits per heavy atom. The van der Waals surface area contributed by atoms with Crippen LogP contribution < -0.4 is 0 Å². The quantitative estimate of drug-likeness (QED) is 0.926. The second kappa shape index (κ2) is 5.86. The molecule has 0 spiro atoms. The average molecular weight is 270 g/mol. The van der Waals surface area contributed by atoms with Gasteiger partial charge >= 0.3 is 0 Å². The summed E-state index contributed by atoms with van der Waals surface area (Å²) in [5.41, 5.74) is 1.79. The van der Waals surface area contributed by atoms with Crippen LogP contribution in [0.2, 0.25) is 0 Å². The molecule has 1 aromatic heterocycles. The molecule has 1 saturated heterocycles. The van der Waals surface area contributed by atoms with E-state index >= 15 is 0 Å². The Kier molecular flexibility index (Phi) is 3.76. The van der Waals surface area contributed by atoms with Crippen molar-refractivity contribution in [2.75, 3.05) is 13.1 Å².